The number of carbonyl (C=O) groups is 1. The van der Waals surface area contributed by atoms with Gasteiger partial charge in [-0.05, 0) is 43.9 Å². The molecule has 0 spiro atoms. The molecule has 1 aromatic carbocycles. The standard InChI is InChI=1S/C21H23N3O2.C2H2/c1-3-16-7-4-5-9-19(16)21(25)24-12-6-8-18(14-24)26-20-15(2)17(13-22)10-11-23-20;1-2/h4-5,7,9-11,18H,3,6,8,12,14H2,1-2H3;1-2H/t18-;/m1./s1. The summed E-state index contributed by atoms with van der Waals surface area (Å²) in [6.45, 7) is 5.17. The number of benzene rings is 1. The van der Waals surface area contributed by atoms with Crippen molar-refractivity contribution in [3.05, 3.63) is 58.8 Å². The Morgan fingerprint density at radius 1 is 1.36 bits per heavy atom. The summed E-state index contributed by atoms with van der Waals surface area (Å²) in [4.78, 5) is 19.1. The number of carbonyl (C=O) groups excluding carboxylic acids is 1. The maximum absolute atomic E-state index is 13.0. The predicted octanol–water partition coefficient (Wildman–Crippen LogP) is 3.76. The lowest BCUT2D eigenvalue weighted by atomic mass is 10.0. The summed E-state index contributed by atoms with van der Waals surface area (Å²) in [6.07, 6.45) is 12.1. The molecule has 2 aromatic rings. The molecular formula is C23H25N3O2. The molecule has 0 unspecified atom stereocenters. The molecule has 0 radical (unpaired) electrons. The highest BCUT2D eigenvalue weighted by Gasteiger charge is 2.27. The maximum Gasteiger partial charge on any atom is 0.254 e. The third kappa shape index (κ3) is 4.69. The fraction of sp³-hybridized carbons (Fsp3) is 0.348. The number of hydrogen-bond donors (Lipinski definition) is 0. The van der Waals surface area contributed by atoms with E-state index in [-0.39, 0.29) is 12.0 Å². The lowest BCUT2D eigenvalue weighted by Crippen LogP contribution is -2.44. The molecule has 3 rings (SSSR count). The minimum atomic E-state index is -0.110. The molecule has 1 aromatic heterocycles. The summed E-state index contributed by atoms with van der Waals surface area (Å²) >= 11 is 0. The maximum atomic E-state index is 13.0. The smallest absolute Gasteiger partial charge is 0.254 e. The van der Waals surface area contributed by atoms with E-state index in [2.05, 4.69) is 30.8 Å². The van der Waals surface area contributed by atoms with E-state index in [4.69, 9.17) is 10.00 Å². The van der Waals surface area contributed by atoms with Crippen molar-refractivity contribution in [1.82, 2.24) is 9.88 Å². The molecule has 144 valence electrons. The van der Waals surface area contributed by atoms with E-state index in [9.17, 15) is 4.79 Å². The summed E-state index contributed by atoms with van der Waals surface area (Å²) < 4.78 is 6.05. The van der Waals surface area contributed by atoms with E-state index >= 15 is 0 Å². The Balaban J connectivity index is 0.00000136. The number of aryl methyl sites for hydroxylation is 1. The van der Waals surface area contributed by atoms with Crippen molar-refractivity contribution in [1.29, 1.82) is 5.26 Å². The monoisotopic (exact) mass is 375 g/mol. The molecule has 28 heavy (non-hydrogen) atoms. The van der Waals surface area contributed by atoms with Gasteiger partial charge in [0, 0.05) is 23.9 Å². The van der Waals surface area contributed by atoms with Crippen molar-refractivity contribution in [2.75, 3.05) is 13.1 Å². The van der Waals surface area contributed by atoms with Crippen LogP contribution in [0.3, 0.4) is 0 Å². The molecule has 5 heteroatoms. The van der Waals surface area contributed by atoms with Crippen LogP contribution in [0.25, 0.3) is 0 Å². The van der Waals surface area contributed by atoms with Gasteiger partial charge >= 0.3 is 0 Å². The Hall–Kier alpha value is -3.31. The fourth-order valence-corrected chi connectivity index (χ4v) is 3.34. The van der Waals surface area contributed by atoms with Crippen LogP contribution in [0.2, 0.25) is 0 Å². The number of likely N-dealkylation sites (tertiary alicyclic amines) is 1. The van der Waals surface area contributed by atoms with Gasteiger partial charge in [0.2, 0.25) is 5.88 Å². The molecule has 0 N–H and O–H groups in total. The number of ether oxygens (including phenoxy) is 1. The van der Waals surface area contributed by atoms with Crippen molar-refractivity contribution in [3.63, 3.8) is 0 Å². The lowest BCUT2D eigenvalue weighted by Gasteiger charge is -2.33. The lowest BCUT2D eigenvalue weighted by molar-refractivity contribution is 0.0525. The van der Waals surface area contributed by atoms with Crippen LogP contribution >= 0.6 is 0 Å². The largest absolute Gasteiger partial charge is 0.472 e. The van der Waals surface area contributed by atoms with E-state index < -0.39 is 0 Å². The van der Waals surface area contributed by atoms with Crippen molar-refractivity contribution >= 4 is 5.91 Å². The summed E-state index contributed by atoms with van der Waals surface area (Å²) in [5.41, 5.74) is 3.15. The quantitative estimate of drug-likeness (QED) is 0.763. The Bertz CT molecular complexity index is 883. The van der Waals surface area contributed by atoms with Crippen LogP contribution in [-0.2, 0) is 6.42 Å². The van der Waals surface area contributed by atoms with Crippen LogP contribution in [0.5, 0.6) is 5.88 Å². The van der Waals surface area contributed by atoms with Crippen LogP contribution in [-0.4, -0.2) is 35.0 Å². The summed E-state index contributed by atoms with van der Waals surface area (Å²) in [5, 5.41) is 9.15. The van der Waals surface area contributed by atoms with Gasteiger partial charge in [-0.3, -0.25) is 4.79 Å². The number of hydrogen-bond acceptors (Lipinski definition) is 4. The highest BCUT2D eigenvalue weighted by molar-refractivity contribution is 5.95. The second-order valence-electron chi connectivity index (χ2n) is 6.54. The van der Waals surface area contributed by atoms with Gasteiger partial charge in [0.15, 0.2) is 0 Å². The highest BCUT2D eigenvalue weighted by atomic mass is 16.5. The van der Waals surface area contributed by atoms with Gasteiger partial charge in [-0.2, -0.15) is 5.26 Å². The minimum absolute atomic E-state index is 0.0613. The van der Waals surface area contributed by atoms with Gasteiger partial charge in [0.1, 0.15) is 6.10 Å². The van der Waals surface area contributed by atoms with E-state index in [1.165, 1.54) is 0 Å². The number of rotatable bonds is 4. The molecular weight excluding hydrogens is 350 g/mol. The first kappa shape index (κ1) is 21.0. The van der Waals surface area contributed by atoms with Crippen LogP contribution in [0.1, 0.15) is 46.8 Å². The van der Waals surface area contributed by atoms with Crippen molar-refractivity contribution in [3.8, 4) is 24.8 Å². The zero-order valence-electron chi connectivity index (χ0n) is 16.4. The molecule has 0 saturated carbocycles. The van der Waals surface area contributed by atoms with Crippen LogP contribution in [0.4, 0.5) is 0 Å². The summed E-state index contributed by atoms with van der Waals surface area (Å²) in [6, 6.07) is 11.6. The molecule has 1 fully saturated rings. The van der Waals surface area contributed by atoms with E-state index in [0.717, 1.165) is 42.5 Å². The number of aromatic nitrogens is 1. The van der Waals surface area contributed by atoms with Gasteiger partial charge in [0.05, 0.1) is 18.2 Å². The average Bonchev–Trinajstić information content (AvgIpc) is 2.76. The molecule has 1 aliphatic heterocycles. The second-order valence-corrected chi connectivity index (χ2v) is 6.54. The molecule has 0 bridgehead atoms. The first-order chi connectivity index (χ1) is 13.6. The molecule has 2 heterocycles. The average molecular weight is 375 g/mol. The number of terminal acetylenes is 1. The van der Waals surface area contributed by atoms with Crippen molar-refractivity contribution < 1.29 is 9.53 Å². The zero-order chi connectivity index (χ0) is 20.5. The van der Waals surface area contributed by atoms with Crippen LogP contribution in [0.15, 0.2) is 36.5 Å². The second kappa shape index (κ2) is 10.1. The number of nitrogens with zero attached hydrogens (tertiary/aromatic N) is 3. The topological polar surface area (TPSA) is 66.2 Å². The third-order valence-corrected chi connectivity index (χ3v) is 4.85. The van der Waals surface area contributed by atoms with Crippen molar-refractivity contribution in [2.45, 2.75) is 39.2 Å². The Labute approximate surface area is 167 Å². The van der Waals surface area contributed by atoms with Crippen LogP contribution in [0, 0.1) is 31.1 Å². The third-order valence-electron chi connectivity index (χ3n) is 4.85. The Morgan fingerprint density at radius 3 is 2.82 bits per heavy atom. The number of piperidine rings is 1. The van der Waals surface area contributed by atoms with Gasteiger partial charge in [-0.1, -0.05) is 25.1 Å². The molecule has 0 aliphatic carbocycles. The van der Waals surface area contributed by atoms with E-state index in [0.29, 0.717) is 18.0 Å². The molecule has 5 nitrogen and oxygen atoms in total. The first-order valence-corrected chi connectivity index (χ1v) is 9.37. The highest BCUT2D eigenvalue weighted by Crippen LogP contribution is 2.23. The first-order valence-electron chi connectivity index (χ1n) is 9.37. The van der Waals surface area contributed by atoms with E-state index in [1.807, 2.05) is 36.1 Å². The summed E-state index contributed by atoms with van der Waals surface area (Å²) in [5.74, 6) is 0.545. The van der Waals surface area contributed by atoms with Gasteiger partial charge < -0.3 is 9.64 Å². The van der Waals surface area contributed by atoms with Gasteiger partial charge in [-0.15, -0.1) is 12.8 Å². The Kier molecular flexibility index (Phi) is 7.60. The number of nitriles is 1. The number of pyridine rings is 1. The summed E-state index contributed by atoms with van der Waals surface area (Å²) in [7, 11) is 0. The molecule has 1 atom stereocenters. The normalized spacial score (nSPS) is 15.7. The zero-order valence-corrected chi connectivity index (χ0v) is 16.4. The molecule has 1 saturated heterocycles. The molecule has 1 amide bonds. The minimum Gasteiger partial charge on any atom is -0.472 e. The van der Waals surface area contributed by atoms with Gasteiger partial charge in [-0.25, -0.2) is 4.98 Å². The van der Waals surface area contributed by atoms with Crippen LogP contribution < -0.4 is 4.74 Å². The Morgan fingerprint density at radius 2 is 2.11 bits per heavy atom. The predicted molar refractivity (Wildman–Crippen MR) is 109 cm³/mol. The van der Waals surface area contributed by atoms with E-state index in [1.54, 1.807) is 12.3 Å². The SMILES string of the molecule is C#C.CCc1ccccc1C(=O)N1CCC[C@@H](Oc2nccc(C#N)c2C)C1. The van der Waals surface area contributed by atoms with Gasteiger partial charge in [0.25, 0.3) is 5.91 Å². The van der Waals surface area contributed by atoms with Crippen molar-refractivity contribution in [2.24, 2.45) is 0 Å². The fourth-order valence-electron chi connectivity index (χ4n) is 3.34. The number of amides is 1. The molecule has 1 aliphatic rings.